The van der Waals surface area contributed by atoms with Crippen molar-refractivity contribution in [2.24, 2.45) is 7.05 Å². The molecule has 32 heavy (non-hydrogen) atoms. The monoisotopic (exact) mass is 429 g/mol. The van der Waals surface area contributed by atoms with Gasteiger partial charge in [-0.05, 0) is 56.0 Å². The van der Waals surface area contributed by atoms with Crippen LogP contribution < -0.4 is 16.1 Å². The van der Waals surface area contributed by atoms with E-state index < -0.39 is 0 Å². The number of anilines is 2. The van der Waals surface area contributed by atoms with Gasteiger partial charge in [0.2, 0.25) is 5.95 Å². The van der Waals surface area contributed by atoms with Crippen molar-refractivity contribution in [3.05, 3.63) is 85.1 Å². The van der Waals surface area contributed by atoms with Crippen molar-refractivity contribution in [1.82, 2.24) is 18.7 Å². The summed E-state index contributed by atoms with van der Waals surface area (Å²) in [4.78, 5) is 33.6. The molecular formula is C25H27N5O2. The van der Waals surface area contributed by atoms with Crippen LogP contribution in [0.1, 0.15) is 27.8 Å². The average molecular weight is 430 g/mol. The molecule has 0 spiro atoms. The highest BCUT2D eigenvalue weighted by Crippen LogP contribution is 2.34. The second-order valence-corrected chi connectivity index (χ2v) is 8.84. The van der Waals surface area contributed by atoms with Crippen molar-refractivity contribution in [1.29, 1.82) is 0 Å². The van der Waals surface area contributed by atoms with Crippen LogP contribution in [-0.4, -0.2) is 25.2 Å². The number of hydrogen-bond acceptors (Lipinski definition) is 4. The minimum atomic E-state index is -0.349. The second-order valence-electron chi connectivity index (χ2n) is 8.84. The Balaban J connectivity index is 1.70. The molecule has 0 bridgehead atoms. The molecule has 0 radical (unpaired) electrons. The molecule has 0 amide bonds. The fraction of sp³-hybridized carbons (Fsp3) is 0.320. The van der Waals surface area contributed by atoms with Gasteiger partial charge in [0.05, 0.1) is 6.54 Å². The number of imidazole rings is 1. The molecule has 2 aromatic carbocycles. The normalized spacial score (nSPS) is 13.2. The van der Waals surface area contributed by atoms with Crippen LogP contribution in [0.4, 0.5) is 11.6 Å². The number of nitrogens with zero attached hydrogens (tertiary/aromatic N) is 5. The van der Waals surface area contributed by atoms with E-state index >= 15 is 0 Å². The van der Waals surface area contributed by atoms with E-state index in [1.54, 1.807) is 7.05 Å². The number of fused-ring (bicyclic) bond motifs is 3. The molecule has 3 heterocycles. The third-order valence-corrected chi connectivity index (χ3v) is 6.49. The van der Waals surface area contributed by atoms with Crippen LogP contribution >= 0.6 is 0 Å². The summed E-state index contributed by atoms with van der Waals surface area (Å²) in [6, 6.07) is 12.4. The molecule has 0 N–H and O–H groups in total. The van der Waals surface area contributed by atoms with E-state index in [1.165, 1.54) is 14.7 Å². The maximum Gasteiger partial charge on any atom is 0.332 e. The minimum absolute atomic E-state index is 0.246. The van der Waals surface area contributed by atoms with Crippen molar-refractivity contribution < 1.29 is 0 Å². The summed E-state index contributed by atoms with van der Waals surface area (Å²) >= 11 is 0. The first-order chi connectivity index (χ1) is 15.3. The Morgan fingerprint density at radius 2 is 1.59 bits per heavy atom. The molecular weight excluding hydrogens is 402 g/mol. The average Bonchev–Trinajstić information content (AvgIpc) is 3.33. The summed E-state index contributed by atoms with van der Waals surface area (Å²) in [5.41, 5.74) is 6.82. The fourth-order valence-electron chi connectivity index (χ4n) is 4.60. The zero-order valence-corrected chi connectivity index (χ0v) is 19.1. The predicted octanol–water partition coefficient (Wildman–Crippen LogP) is 3.33. The lowest BCUT2D eigenvalue weighted by Gasteiger charge is -2.19. The Morgan fingerprint density at radius 3 is 2.34 bits per heavy atom. The highest BCUT2D eigenvalue weighted by Gasteiger charge is 2.29. The molecule has 2 aromatic heterocycles. The third-order valence-electron chi connectivity index (χ3n) is 6.49. The van der Waals surface area contributed by atoms with E-state index in [-0.39, 0.29) is 17.8 Å². The van der Waals surface area contributed by atoms with Crippen molar-refractivity contribution >= 4 is 22.8 Å². The Kier molecular flexibility index (Phi) is 4.58. The fourth-order valence-corrected chi connectivity index (χ4v) is 4.60. The Morgan fingerprint density at radius 1 is 0.906 bits per heavy atom. The lowest BCUT2D eigenvalue weighted by atomic mass is 10.1. The lowest BCUT2D eigenvalue weighted by molar-refractivity contribution is 0.650. The Hall–Kier alpha value is -3.61. The van der Waals surface area contributed by atoms with Gasteiger partial charge in [0, 0.05) is 25.8 Å². The number of aryl methyl sites for hydroxylation is 5. The minimum Gasteiger partial charge on any atom is -0.310 e. The number of benzene rings is 2. The van der Waals surface area contributed by atoms with Gasteiger partial charge in [-0.2, -0.15) is 4.98 Å². The molecule has 0 aliphatic carbocycles. The maximum absolute atomic E-state index is 13.6. The van der Waals surface area contributed by atoms with Gasteiger partial charge >= 0.3 is 5.69 Å². The quantitative estimate of drug-likeness (QED) is 0.501. The highest BCUT2D eigenvalue weighted by atomic mass is 16.2. The molecule has 1 aliphatic heterocycles. The van der Waals surface area contributed by atoms with Gasteiger partial charge in [0.25, 0.3) is 5.56 Å². The number of aromatic nitrogens is 4. The molecule has 0 fully saturated rings. The van der Waals surface area contributed by atoms with Crippen LogP contribution in [0.15, 0.2) is 46.0 Å². The number of hydrogen-bond donors (Lipinski definition) is 0. The summed E-state index contributed by atoms with van der Waals surface area (Å²) < 4.78 is 4.78. The first-order valence-electron chi connectivity index (χ1n) is 10.9. The van der Waals surface area contributed by atoms with Crippen LogP contribution in [-0.2, 0) is 20.1 Å². The van der Waals surface area contributed by atoms with Crippen LogP contribution in [0.2, 0.25) is 0 Å². The van der Waals surface area contributed by atoms with Crippen LogP contribution in [0.3, 0.4) is 0 Å². The van der Waals surface area contributed by atoms with Gasteiger partial charge in [0.15, 0.2) is 11.2 Å². The molecule has 0 saturated heterocycles. The van der Waals surface area contributed by atoms with Gasteiger partial charge in [-0.3, -0.25) is 13.9 Å². The van der Waals surface area contributed by atoms with Gasteiger partial charge in [-0.15, -0.1) is 0 Å². The number of rotatable bonds is 3. The van der Waals surface area contributed by atoms with Gasteiger partial charge < -0.3 is 9.47 Å². The maximum atomic E-state index is 13.6. The van der Waals surface area contributed by atoms with Crippen molar-refractivity contribution in [3.63, 3.8) is 0 Å². The van der Waals surface area contributed by atoms with Crippen LogP contribution in [0.5, 0.6) is 0 Å². The largest absolute Gasteiger partial charge is 0.332 e. The smallest absolute Gasteiger partial charge is 0.310 e. The molecule has 5 rings (SSSR count). The summed E-state index contributed by atoms with van der Waals surface area (Å²) in [5.74, 6) is 0.713. The molecule has 4 aromatic rings. The lowest BCUT2D eigenvalue weighted by Crippen LogP contribution is -2.40. The molecule has 7 heteroatoms. The Labute approximate surface area is 186 Å². The standard InChI is InChI=1S/C25H27N5O2/c1-15-6-8-17(3)19(12-15)14-30-23(31)21-22(27(5)25(30)32)26-24-28(10-11-29(21)24)20-13-16(2)7-9-18(20)4/h6-9,12-13H,10-11,14H2,1-5H3. The molecule has 0 atom stereocenters. The molecule has 0 unspecified atom stereocenters. The van der Waals surface area contributed by atoms with Crippen molar-refractivity contribution in [3.8, 4) is 0 Å². The first-order valence-corrected chi connectivity index (χ1v) is 10.9. The summed E-state index contributed by atoms with van der Waals surface area (Å²) in [5, 5.41) is 0. The van der Waals surface area contributed by atoms with E-state index in [1.807, 2.05) is 36.6 Å². The van der Waals surface area contributed by atoms with Crippen LogP contribution in [0.25, 0.3) is 11.2 Å². The van der Waals surface area contributed by atoms with Gasteiger partial charge in [0.1, 0.15) is 0 Å². The van der Waals surface area contributed by atoms with E-state index in [0.29, 0.717) is 23.7 Å². The van der Waals surface area contributed by atoms with E-state index in [0.717, 1.165) is 34.5 Å². The zero-order chi connectivity index (χ0) is 22.7. The summed E-state index contributed by atoms with van der Waals surface area (Å²) in [6.07, 6.45) is 0. The van der Waals surface area contributed by atoms with Crippen LogP contribution in [0, 0.1) is 27.7 Å². The van der Waals surface area contributed by atoms with Crippen molar-refractivity contribution in [2.45, 2.75) is 40.8 Å². The predicted molar refractivity (Wildman–Crippen MR) is 127 cm³/mol. The second kappa shape index (κ2) is 7.22. The third kappa shape index (κ3) is 2.99. The van der Waals surface area contributed by atoms with Crippen molar-refractivity contribution in [2.75, 3.05) is 11.4 Å². The highest BCUT2D eigenvalue weighted by molar-refractivity contribution is 5.78. The molecule has 164 valence electrons. The zero-order valence-electron chi connectivity index (χ0n) is 19.1. The van der Waals surface area contributed by atoms with Gasteiger partial charge in [-0.25, -0.2) is 4.79 Å². The molecule has 0 saturated carbocycles. The van der Waals surface area contributed by atoms with E-state index in [9.17, 15) is 9.59 Å². The molecule has 7 nitrogen and oxygen atoms in total. The SMILES string of the molecule is Cc1ccc(C)c(Cn2c(=O)c3c(nc4n3CCN4c3cc(C)ccc3C)n(C)c2=O)c1. The van der Waals surface area contributed by atoms with E-state index in [4.69, 9.17) is 4.98 Å². The summed E-state index contributed by atoms with van der Waals surface area (Å²) in [7, 11) is 1.69. The van der Waals surface area contributed by atoms with E-state index in [2.05, 4.69) is 36.9 Å². The topological polar surface area (TPSA) is 65.1 Å². The molecule has 1 aliphatic rings. The summed E-state index contributed by atoms with van der Waals surface area (Å²) in [6.45, 7) is 9.79. The Bertz CT molecular complexity index is 1510. The van der Waals surface area contributed by atoms with Gasteiger partial charge in [-0.1, -0.05) is 35.9 Å². The first kappa shape index (κ1) is 20.3.